The fourth-order valence-electron chi connectivity index (χ4n) is 2.48. The third-order valence-corrected chi connectivity index (χ3v) is 5.04. The summed E-state index contributed by atoms with van der Waals surface area (Å²) in [6, 6.07) is 2.51. The Labute approximate surface area is 103 Å². The van der Waals surface area contributed by atoms with Gasteiger partial charge in [-0.1, -0.05) is 0 Å². The van der Waals surface area contributed by atoms with Gasteiger partial charge in [0.2, 0.25) is 10.0 Å². The van der Waals surface area contributed by atoms with Crippen LogP contribution in [-0.2, 0) is 10.0 Å². The minimum Gasteiger partial charge on any atom is -0.316 e. The molecule has 3 rings (SSSR count). The van der Waals surface area contributed by atoms with Crippen molar-refractivity contribution in [3.8, 4) is 0 Å². The zero-order valence-electron chi connectivity index (χ0n) is 9.36. The van der Waals surface area contributed by atoms with Crippen LogP contribution in [0.15, 0.2) is 23.1 Å². The summed E-state index contributed by atoms with van der Waals surface area (Å²) < 4.78 is 52.2. The van der Waals surface area contributed by atoms with E-state index in [-0.39, 0.29) is 10.9 Å². The Morgan fingerprint density at radius 1 is 1.17 bits per heavy atom. The highest BCUT2D eigenvalue weighted by Gasteiger charge is 2.54. The number of fused-ring (bicyclic) bond motifs is 1. The number of halogens is 2. The van der Waals surface area contributed by atoms with Crippen molar-refractivity contribution in [1.29, 1.82) is 0 Å². The van der Waals surface area contributed by atoms with Crippen molar-refractivity contribution < 1.29 is 17.2 Å². The Balaban J connectivity index is 1.79. The summed E-state index contributed by atoms with van der Waals surface area (Å²) in [4.78, 5) is -0.237. The lowest BCUT2D eigenvalue weighted by Crippen LogP contribution is -2.32. The summed E-state index contributed by atoms with van der Waals surface area (Å²) in [6.07, 6.45) is 0. The van der Waals surface area contributed by atoms with E-state index < -0.39 is 21.7 Å². The van der Waals surface area contributed by atoms with Gasteiger partial charge in [-0.05, 0) is 43.1 Å². The topological polar surface area (TPSA) is 58.2 Å². The number of sulfonamides is 1. The van der Waals surface area contributed by atoms with Crippen LogP contribution in [0, 0.1) is 23.5 Å². The minimum absolute atomic E-state index is 0.0793. The molecule has 1 aliphatic heterocycles. The first kappa shape index (κ1) is 12.0. The van der Waals surface area contributed by atoms with Crippen molar-refractivity contribution in [3.63, 3.8) is 0 Å². The van der Waals surface area contributed by atoms with Gasteiger partial charge in [-0.15, -0.1) is 0 Å². The molecule has 1 saturated heterocycles. The molecule has 18 heavy (non-hydrogen) atoms. The Kier molecular flexibility index (Phi) is 2.65. The van der Waals surface area contributed by atoms with Gasteiger partial charge in [-0.2, -0.15) is 0 Å². The number of nitrogens with one attached hydrogen (secondary N) is 2. The third kappa shape index (κ3) is 1.92. The van der Waals surface area contributed by atoms with Gasteiger partial charge < -0.3 is 5.32 Å². The van der Waals surface area contributed by atoms with E-state index in [0.717, 1.165) is 25.2 Å². The molecule has 2 fully saturated rings. The van der Waals surface area contributed by atoms with Gasteiger partial charge in [0.05, 0.1) is 4.90 Å². The summed E-state index contributed by atoms with van der Waals surface area (Å²) in [7, 11) is -3.76. The highest BCUT2D eigenvalue weighted by Crippen LogP contribution is 2.42. The van der Waals surface area contributed by atoms with Gasteiger partial charge in [0.15, 0.2) is 11.6 Å². The molecule has 0 bridgehead atoms. The fourth-order valence-corrected chi connectivity index (χ4v) is 3.83. The maximum absolute atomic E-state index is 13.0. The summed E-state index contributed by atoms with van der Waals surface area (Å²) in [6.45, 7) is 1.60. The second-order valence-corrected chi connectivity index (χ2v) is 6.42. The smallest absolute Gasteiger partial charge is 0.240 e. The number of piperidine rings is 1. The molecule has 1 aromatic rings. The number of hydrogen-bond donors (Lipinski definition) is 2. The molecule has 0 spiro atoms. The summed E-state index contributed by atoms with van der Waals surface area (Å²) in [5.74, 6) is -1.56. The van der Waals surface area contributed by atoms with Crippen molar-refractivity contribution in [2.24, 2.45) is 11.8 Å². The minimum atomic E-state index is -3.76. The van der Waals surface area contributed by atoms with Gasteiger partial charge >= 0.3 is 0 Å². The van der Waals surface area contributed by atoms with Crippen LogP contribution in [0.3, 0.4) is 0 Å². The Bertz CT molecular complexity index is 581. The van der Waals surface area contributed by atoms with E-state index in [0.29, 0.717) is 17.9 Å². The van der Waals surface area contributed by atoms with E-state index in [1.54, 1.807) is 0 Å². The molecule has 0 radical (unpaired) electrons. The highest BCUT2D eigenvalue weighted by atomic mass is 32.2. The first-order chi connectivity index (χ1) is 8.49. The molecule has 0 amide bonds. The quantitative estimate of drug-likeness (QED) is 0.842. The molecule has 2 aliphatic rings. The standard InChI is InChI=1S/C11H12F2N2O2S/c12-9-2-1-6(3-10(9)13)18(16,17)15-11-7-4-14-5-8(7)11/h1-3,7-8,11,14-15H,4-5H2. The van der Waals surface area contributed by atoms with Crippen LogP contribution in [0.2, 0.25) is 0 Å². The van der Waals surface area contributed by atoms with E-state index in [2.05, 4.69) is 10.0 Å². The molecular formula is C11H12F2N2O2S. The molecule has 1 heterocycles. The van der Waals surface area contributed by atoms with Crippen molar-refractivity contribution in [2.45, 2.75) is 10.9 Å². The van der Waals surface area contributed by atoms with Crippen LogP contribution in [0.5, 0.6) is 0 Å². The van der Waals surface area contributed by atoms with Gasteiger partial charge in [0.25, 0.3) is 0 Å². The van der Waals surface area contributed by atoms with Crippen molar-refractivity contribution in [2.75, 3.05) is 13.1 Å². The maximum atomic E-state index is 13.0. The van der Waals surface area contributed by atoms with E-state index >= 15 is 0 Å². The van der Waals surface area contributed by atoms with Gasteiger partial charge in [0.1, 0.15) is 0 Å². The lowest BCUT2D eigenvalue weighted by Gasteiger charge is -2.09. The third-order valence-electron chi connectivity index (χ3n) is 3.58. The first-order valence-electron chi connectivity index (χ1n) is 5.67. The van der Waals surface area contributed by atoms with Crippen molar-refractivity contribution >= 4 is 10.0 Å². The molecule has 2 unspecified atom stereocenters. The fraction of sp³-hybridized carbons (Fsp3) is 0.455. The summed E-state index contributed by atoms with van der Waals surface area (Å²) in [5.41, 5.74) is 0. The predicted octanol–water partition coefficient (Wildman–Crippen LogP) is 0.461. The van der Waals surface area contributed by atoms with Crippen LogP contribution >= 0.6 is 0 Å². The maximum Gasteiger partial charge on any atom is 0.240 e. The van der Waals surface area contributed by atoms with E-state index in [1.165, 1.54) is 0 Å². The molecule has 0 aromatic heterocycles. The molecule has 1 aliphatic carbocycles. The van der Waals surface area contributed by atoms with Gasteiger partial charge in [-0.3, -0.25) is 0 Å². The van der Waals surface area contributed by atoms with E-state index in [1.807, 2.05) is 0 Å². The zero-order chi connectivity index (χ0) is 12.9. The van der Waals surface area contributed by atoms with Gasteiger partial charge in [0, 0.05) is 6.04 Å². The zero-order valence-corrected chi connectivity index (χ0v) is 10.2. The largest absolute Gasteiger partial charge is 0.316 e. The Hall–Kier alpha value is -1.05. The Morgan fingerprint density at radius 2 is 1.83 bits per heavy atom. The predicted molar refractivity (Wildman–Crippen MR) is 60.3 cm³/mol. The highest BCUT2D eigenvalue weighted by molar-refractivity contribution is 7.89. The monoisotopic (exact) mass is 274 g/mol. The van der Waals surface area contributed by atoms with Gasteiger partial charge in [-0.25, -0.2) is 21.9 Å². The van der Waals surface area contributed by atoms with E-state index in [4.69, 9.17) is 0 Å². The average molecular weight is 274 g/mol. The molecule has 2 N–H and O–H groups in total. The first-order valence-corrected chi connectivity index (χ1v) is 7.15. The molecule has 98 valence electrons. The van der Waals surface area contributed by atoms with Crippen LogP contribution in [-0.4, -0.2) is 27.5 Å². The lowest BCUT2D eigenvalue weighted by atomic mass is 10.3. The molecule has 2 atom stereocenters. The van der Waals surface area contributed by atoms with Crippen LogP contribution < -0.4 is 10.0 Å². The molecule has 7 heteroatoms. The second kappa shape index (κ2) is 3.97. The normalized spacial score (nSPS) is 30.2. The van der Waals surface area contributed by atoms with Crippen LogP contribution in [0.25, 0.3) is 0 Å². The van der Waals surface area contributed by atoms with Crippen LogP contribution in [0.4, 0.5) is 8.78 Å². The molecule has 4 nitrogen and oxygen atoms in total. The SMILES string of the molecule is O=S(=O)(NC1C2CNCC21)c1ccc(F)c(F)c1. The van der Waals surface area contributed by atoms with Crippen LogP contribution in [0.1, 0.15) is 0 Å². The molecular weight excluding hydrogens is 262 g/mol. The van der Waals surface area contributed by atoms with Crippen molar-refractivity contribution in [1.82, 2.24) is 10.0 Å². The number of benzene rings is 1. The summed E-state index contributed by atoms with van der Waals surface area (Å²) in [5, 5.41) is 3.15. The molecule has 1 saturated carbocycles. The van der Waals surface area contributed by atoms with E-state index in [9.17, 15) is 17.2 Å². The average Bonchev–Trinajstić information content (AvgIpc) is 2.77. The number of rotatable bonds is 3. The lowest BCUT2D eigenvalue weighted by molar-refractivity contribution is 0.503. The second-order valence-electron chi connectivity index (χ2n) is 4.71. The molecule has 1 aromatic carbocycles. The number of hydrogen-bond acceptors (Lipinski definition) is 3. The Morgan fingerprint density at radius 3 is 2.44 bits per heavy atom. The van der Waals surface area contributed by atoms with Crippen molar-refractivity contribution in [3.05, 3.63) is 29.8 Å². The summed E-state index contributed by atoms with van der Waals surface area (Å²) >= 11 is 0.